The van der Waals surface area contributed by atoms with Crippen molar-refractivity contribution in [2.75, 3.05) is 39.6 Å². The number of rotatable bonds is 13. The average molecular weight is 277 g/mol. The van der Waals surface area contributed by atoms with Gasteiger partial charge < -0.3 is 25.1 Å². The van der Waals surface area contributed by atoms with E-state index >= 15 is 0 Å². The quantitative estimate of drug-likeness (QED) is 0.497. The van der Waals surface area contributed by atoms with Crippen LogP contribution in [0.1, 0.15) is 40.0 Å². The van der Waals surface area contributed by atoms with Gasteiger partial charge in [-0.05, 0) is 26.7 Å². The Morgan fingerprint density at radius 2 is 1.53 bits per heavy atom. The molecule has 0 aliphatic heterocycles. The number of unbranched alkanes of at least 4 members (excludes halogenated alkanes) is 1. The Hall–Kier alpha value is -0.200. The Kier molecular flexibility index (Phi) is 11.5. The molecule has 0 aromatic rings. The van der Waals surface area contributed by atoms with Gasteiger partial charge in [0.2, 0.25) is 0 Å². The molecule has 0 saturated heterocycles. The third kappa shape index (κ3) is 15.7. The molecular weight excluding hydrogens is 246 g/mol. The first-order valence-corrected chi connectivity index (χ1v) is 7.16. The van der Waals surface area contributed by atoms with Gasteiger partial charge in [-0.15, -0.1) is 0 Å². The Bertz CT molecular complexity index is 194. The van der Waals surface area contributed by atoms with Gasteiger partial charge in [-0.3, -0.25) is 0 Å². The zero-order chi connectivity index (χ0) is 14.6. The van der Waals surface area contributed by atoms with Crippen LogP contribution in [0.25, 0.3) is 0 Å². The van der Waals surface area contributed by atoms with Crippen LogP contribution in [0.4, 0.5) is 0 Å². The van der Waals surface area contributed by atoms with E-state index in [1.54, 1.807) is 0 Å². The van der Waals surface area contributed by atoms with Crippen molar-refractivity contribution in [3.63, 3.8) is 0 Å². The minimum absolute atomic E-state index is 0.303. The molecule has 1 atom stereocenters. The molecule has 1 unspecified atom stereocenters. The lowest BCUT2D eigenvalue weighted by Gasteiger charge is -2.22. The Morgan fingerprint density at radius 3 is 2.05 bits per heavy atom. The van der Waals surface area contributed by atoms with Crippen molar-refractivity contribution in [3.8, 4) is 0 Å². The molecule has 0 fully saturated rings. The predicted octanol–water partition coefficient (Wildman–Crippen LogP) is 1.32. The number of aliphatic hydroxyl groups is 1. The van der Waals surface area contributed by atoms with E-state index < -0.39 is 6.10 Å². The van der Waals surface area contributed by atoms with E-state index in [-0.39, 0.29) is 5.54 Å². The van der Waals surface area contributed by atoms with Gasteiger partial charge in [-0.1, -0.05) is 13.3 Å². The maximum absolute atomic E-state index is 9.64. The number of aliphatic hydroxyl groups excluding tert-OH is 1. The maximum atomic E-state index is 9.64. The summed E-state index contributed by atoms with van der Waals surface area (Å²) in [5.74, 6) is 0. The molecule has 0 aliphatic carbocycles. The van der Waals surface area contributed by atoms with Crippen molar-refractivity contribution in [2.45, 2.75) is 51.7 Å². The highest BCUT2D eigenvalue weighted by atomic mass is 16.5. The highest BCUT2D eigenvalue weighted by Gasteiger charge is 2.16. The van der Waals surface area contributed by atoms with Gasteiger partial charge >= 0.3 is 0 Å². The van der Waals surface area contributed by atoms with Crippen molar-refractivity contribution < 1.29 is 19.3 Å². The molecule has 5 nitrogen and oxygen atoms in total. The van der Waals surface area contributed by atoms with E-state index in [9.17, 15) is 5.11 Å². The monoisotopic (exact) mass is 277 g/mol. The summed E-state index contributed by atoms with van der Waals surface area (Å²) in [5, 5.41) is 9.64. The van der Waals surface area contributed by atoms with Crippen LogP contribution in [0.2, 0.25) is 0 Å². The van der Waals surface area contributed by atoms with Crippen LogP contribution in [-0.4, -0.2) is 56.4 Å². The zero-order valence-electron chi connectivity index (χ0n) is 12.7. The van der Waals surface area contributed by atoms with E-state index in [2.05, 4.69) is 6.92 Å². The number of hydrogen-bond donors (Lipinski definition) is 2. The van der Waals surface area contributed by atoms with E-state index in [4.69, 9.17) is 19.9 Å². The topological polar surface area (TPSA) is 73.9 Å². The highest BCUT2D eigenvalue weighted by Crippen LogP contribution is 2.07. The average Bonchev–Trinajstić information content (AvgIpc) is 2.29. The Morgan fingerprint density at radius 1 is 1.00 bits per heavy atom. The van der Waals surface area contributed by atoms with Gasteiger partial charge in [0.25, 0.3) is 0 Å². The summed E-state index contributed by atoms with van der Waals surface area (Å²) in [4.78, 5) is 0. The fraction of sp³-hybridized carbons (Fsp3) is 1.00. The Balaban J connectivity index is 3.18. The lowest BCUT2D eigenvalue weighted by atomic mass is 9.99. The first-order chi connectivity index (χ1) is 8.95. The molecule has 3 N–H and O–H groups in total. The second-order valence-electron chi connectivity index (χ2n) is 5.50. The third-order valence-electron chi connectivity index (χ3n) is 2.46. The molecule has 0 amide bonds. The number of nitrogens with two attached hydrogens (primary N) is 1. The van der Waals surface area contributed by atoms with E-state index in [0.717, 1.165) is 19.4 Å². The van der Waals surface area contributed by atoms with Crippen LogP contribution in [0.15, 0.2) is 0 Å². The van der Waals surface area contributed by atoms with Gasteiger partial charge in [-0.2, -0.15) is 0 Å². The van der Waals surface area contributed by atoms with Crippen LogP contribution in [0.5, 0.6) is 0 Å². The molecule has 5 heteroatoms. The van der Waals surface area contributed by atoms with Crippen LogP contribution in [0.3, 0.4) is 0 Å². The second kappa shape index (κ2) is 11.6. The third-order valence-corrected chi connectivity index (χ3v) is 2.46. The summed E-state index contributed by atoms with van der Waals surface area (Å²) in [5.41, 5.74) is 5.44. The number of ether oxygens (including phenoxy) is 3. The zero-order valence-corrected chi connectivity index (χ0v) is 12.7. The lowest BCUT2D eigenvalue weighted by molar-refractivity contribution is -0.0150. The molecule has 0 heterocycles. The van der Waals surface area contributed by atoms with Crippen molar-refractivity contribution in [1.82, 2.24) is 0 Å². The van der Waals surface area contributed by atoms with E-state index in [1.165, 1.54) is 0 Å². The molecule has 0 saturated carbocycles. The molecule has 0 spiro atoms. The van der Waals surface area contributed by atoms with Crippen LogP contribution >= 0.6 is 0 Å². The van der Waals surface area contributed by atoms with Gasteiger partial charge in [0.1, 0.15) is 0 Å². The van der Waals surface area contributed by atoms with E-state index in [1.807, 2.05) is 13.8 Å². The van der Waals surface area contributed by atoms with E-state index in [0.29, 0.717) is 39.5 Å². The smallest absolute Gasteiger partial charge is 0.0790 e. The molecule has 116 valence electrons. The summed E-state index contributed by atoms with van der Waals surface area (Å²) in [6, 6.07) is 0. The van der Waals surface area contributed by atoms with Gasteiger partial charge in [0, 0.05) is 12.1 Å². The molecule has 0 aromatic carbocycles. The molecule has 0 rings (SSSR count). The van der Waals surface area contributed by atoms with Gasteiger partial charge in [0.15, 0.2) is 0 Å². The Labute approximate surface area is 117 Å². The standard InChI is InChI=1S/C14H31NO4/c1-4-5-6-17-7-8-18-9-10-19-12-13(16)11-14(2,3)15/h13,16H,4-12,15H2,1-3H3. The molecule has 0 radical (unpaired) electrons. The second-order valence-corrected chi connectivity index (χ2v) is 5.50. The number of hydrogen-bond acceptors (Lipinski definition) is 5. The normalized spacial score (nSPS) is 13.7. The molecule has 19 heavy (non-hydrogen) atoms. The highest BCUT2D eigenvalue weighted by molar-refractivity contribution is 4.75. The van der Waals surface area contributed by atoms with Crippen molar-refractivity contribution in [3.05, 3.63) is 0 Å². The largest absolute Gasteiger partial charge is 0.391 e. The molecular formula is C14H31NO4. The van der Waals surface area contributed by atoms with Crippen LogP contribution in [-0.2, 0) is 14.2 Å². The molecule has 0 aromatic heterocycles. The summed E-state index contributed by atoms with van der Waals surface area (Å²) in [7, 11) is 0. The SMILES string of the molecule is CCCCOCCOCCOCC(O)CC(C)(C)N. The summed E-state index contributed by atoms with van der Waals surface area (Å²) < 4.78 is 16.0. The minimum Gasteiger partial charge on any atom is -0.391 e. The predicted molar refractivity (Wildman–Crippen MR) is 76.3 cm³/mol. The summed E-state index contributed by atoms with van der Waals surface area (Å²) >= 11 is 0. The first kappa shape index (κ1) is 18.8. The fourth-order valence-corrected chi connectivity index (χ4v) is 1.57. The fourth-order valence-electron chi connectivity index (χ4n) is 1.57. The minimum atomic E-state index is -0.516. The first-order valence-electron chi connectivity index (χ1n) is 7.16. The van der Waals surface area contributed by atoms with Crippen molar-refractivity contribution in [1.29, 1.82) is 0 Å². The lowest BCUT2D eigenvalue weighted by Crippen LogP contribution is -2.37. The maximum Gasteiger partial charge on any atom is 0.0790 e. The van der Waals surface area contributed by atoms with Crippen LogP contribution < -0.4 is 5.73 Å². The van der Waals surface area contributed by atoms with Crippen molar-refractivity contribution in [2.24, 2.45) is 5.73 Å². The molecule has 0 bridgehead atoms. The van der Waals surface area contributed by atoms with Gasteiger partial charge in [0.05, 0.1) is 39.1 Å². The van der Waals surface area contributed by atoms with Crippen LogP contribution in [0, 0.1) is 0 Å². The molecule has 0 aliphatic rings. The summed E-state index contributed by atoms with van der Waals surface area (Å²) in [6.45, 7) is 9.24. The van der Waals surface area contributed by atoms with Crippen molar-refractivity contribution >= 4 is 0 Å². The summed E-state index contributed by atoms with van der Waals surface area (Å²) in [6.07, 6.45) is 2.26. The van der Waals surface area contributed by atoms with Gasteiger partial charge in [-0.25, -0.2) is 0 Å².